The highest BCUT2D eigenvalue weighted by atomic mass is 16.4. The van der Waals surface area contributed by atoms with Gasteiger partial charge in [0.05, 0.1) is 0 Å². The van der Waals surface area contributed by atoms with E-state index in [0.717, 1.165) is 6.42 Å². The van der Waals surface area contributed by atoms with Gasteiger partial charge in [0.2, 0.25) is 5.91 Å². The van der Waals surface area contributed by atoms with Crippen LogP contribution >= 0.6 is 0 Å². The van der Waals surface area contributed by atoms with Gasteiger partial charge in [-0.05, 0) is 25.7 Å². The SMILES string of the molecule is CCC(C)(NC(=O)CCC1CCCCC1)C(=O)O. The molecule has 4 heteroatoms. The predicted octanol–water partition coefficient (Wildman–Crippen LogP) is 2.72. The molecule has 1 aliphatic carbocycles. The summed E-state index contributed by atoms with van der Waals surface area (Å²) in [6, 6.07) is 0. The summed E-state index contributed by atoms with van der Waals surface area (Å²) < 4.78 is 0. The van der Waals surface area contributed by atoms with Crippen LogP contribution in [0.4, 0.5) is 0 Å². The molecule has 1 saturated carbocycles. The van der Waals surface area contributed by atoms with E-state index >= 15 is 0 Å². The molecule has 18 heavy (non-hydrogen) atoms. The van der Waals surface area contributed by atoms with Crippen LogP contribution in [0.25, 0.3) is 0 Å². The summed E-state index contributed by atoms with van der Waals surface area (Å²) >= 11 is 0. The number of aliphatic carboxylic acids is 1. The number of hydrogen-bond acceptors (Lipinski definition) is 2. The van der Waals surface area contributed by atoms with Crippen LogP contribution in [0.1, 0.15) is 65.2 Å². The lowest BCUT2D eigenvalue weighted by atomic mass is 9.86. The maximum absolute atomic E-state index is 11.8. The van der Waals surface area contributed by atoms with Crippen molar-refractivity contribution in [3.05, 3.63) is 0 Å². The largest absolute Gasteiger partial charge is 0.480 e. The molecule has 0 bridgehead atoms. The van der Waals surface area contributed by atoms with Crippen LogP contribution in [0.2, 0.25) is 0 Å². The van der Waals surface area contributed by atoms with Crippen LogP contribution in [0, 0.1) is 5.92 Å². The molecule has 0 aromatic carbocycles. The Balaban J connectivity index is 2.34. The van der Waals surface area contributed by atoms with E-state index in [4.69, 9.17) is 5.11 Å². The number of amides is 1. The molecule has 0 radical (unpaired) electrons. The van der Waals surface area contributed by atoms with Crippen molar-refractivity contribution < 1.29 is 14.7 Å². The number of carboxylic acids is 1. The molecule has 0 saturated heterocycles. The fourth-order valence-electron chi connectivity index (χ4n) is 2.47. The minimum absolute atomic E-state index is 0.132. The number of carboxylic acid groups (broad SMARTS) is 1. The van der Waals surface area contributed by atoms with Gasteiger partial charge < -0.3 is 10.4 Å². The summed E-state index contributed by atoms with van der Waals surface area (Å²) in [6.45, 7) is 3.34. The molecule has 104 valence electrons. The van der Waals surface area contributed by atoms with Crippen LogP contribution in [0.3, 0.4) is 0 Å². The Kier molecular flexibility index (Phi) is 5.63. The van der Waals surface area contributed by atoms with Gasteiger partial charge in [-0.1, -0.05) is 39.0 Å². The lowest BCUT2D eigenvalue weighted by Gasteiger charge is -2.26. The Labute approximate surface area is 109 Å². The second kappa shape index (κ2) is 6.76. The van der Waals surface area contributed by atoms with Crippen molar-refractivity contribution in [3.63, 3.8) is 0 Å². The molecule has 2 N–H and O–H groups in total. The molecule has 1 amide bonds. The number of carbonyl (C=O) groups is 2. The number of hydrogen-bond donors (Lipinski definition) is 2. The summed E-state index contributed by atoms with van der Waals surface area (Å²) in [5.74, 6) is -0.439. The van der Waals surface area contributed by atoms with E-state index in [1.807, 2.05) is 0 Å². The Morgan fingerprint density at radius 3 is 2.39 bits per heavy atom. The maximum atomic E-state index is 11.8. The molecule has 1 fully saturated rings. The van der Waals surface area contributed by atoms with Gasteiger partial charge in [-0.2, -0.15) is 0 Å². The van der Waals surface area contributed by atoms with Gasteiger partial charge in [0.25, 0.3) is 0 Å². The van der Waals surface area contributed by atoms with Crippen LogP contribution in [-0.2, 0) is 9.59 Å². The van der Waals surface area contributed by atoms with Gasteiger partial charge in [0, 0.05) is 6.42 Å². The van der Waals surface area contributed by atoms with Gasteiger partial charge in [-0.25, -0.2) is 4.79 Å². The average Bonchev–Trinajstić information content (AvgIpc) is 2.37. The van der Waals surface area contributed by atoms with Crippen molar-refractivity contribution in [1.29, 1.82) is 0 Å². The minimum Gasteiger partial charge on any atom is -0.480 e. The molecule has 0 heterocycles. The lowest BCUT2D eigenvalue weighted by molar-refractivity contribution is -0.147. The van der Waals surface area contributed by atoms with Crippen molar-refractivity contribution in [2.75, 3.05) is 0 Å². The highest BCUT2D eigenvalue weighted by Gasteiger charge is 2.32. The topological polar surface area (TPSA) is 66.4 Å². The van der Waals surface area contributed by atoms with E-state index in [2.05, 4.69) is 5.32 Å². The minimum atomic E-state index is -1.12. The van der Waals surface area contributed by atoms with Gasteiger partial charge in [0.15, 0.2) is 0 Å². The fourth-order valence-corrected chi connectivity index (χ4v) is 2.47. The van der Waals surface area contributed by atoms with Crippen LogP contribution in [0.15, 0.2) is 0 Å². The molecule has 1 unspecified atom stereocenters. The summed E-state index contributed by atoms with van der Waals surface area (Å²) in [6.07, 6.45) is 8.04. The van der Waals surface area contributed by atoms with Gasteiger partial charge in [-0.3, -0.25) is 4.79 Å². The zero-order valence-electron chi connectivity index (χ0n) is 11.5. The number of rotatable bonds is 6. The molecule has 4 nitrogen and oxygen atoms in total. The smallest absolute Gasteiger partial charge is 0.329 e. The lowest BCUT2D eigenvalue weighted by Crippen LogP contribution is -2.51. The molecule has 0 aromatic rings. The Bertz CT molecular complexity index is 297. The first-order valence-electron chi connectivity index (χ1n) is 7.02. The van der Waals surface area contributed by atoms with Crippen molar-refractivity contribution in [1.82, 2.24) is 5.32 Å². The number of carbonyl (C=O) groups excluding carboxylic acids is 1. The van der Waals surface area contributed by atoms with E-state index in [-0.39, 0.29) is 5.91 Å². The second-order valence-electron chi connectivity index (χ2n) is 5.58. The zero-order valence-corrected chi connectivity index (χ0v) is 11.5. The summed E-state index contributed by atoms with van der Waals surface area (Å²) in [4.78, 5) is 22.9. The molecule has 1 rings (SSSR count). The third kappa shape index (κ3) is 4.31. The van der Waals surface area contributed by atoms with Crippen LogP contribution in [0.5, 0.6) is 0 Å². The first-order valence-corrected chi connectivity index (χ1v) is 7.02. The third-order valence-electron chi connectivity index (χ3n) is 4.10. The van der Waals surface area contributed by atoms with Crippen molar-refractivity contribution in [3.8, 4) is 0 Å². The fraction of sp³-hybridized carbons (Fsp3) is 0.857. The summed E-state index contributed by atoms with van der Waals surface area (Å²) in [5, 5.41) is 11.7. The molecular weight excluding hydrogens is 230 g/mol. The molecule has 1 atom stereocenters. The van der Waals surface area contributed by atoms with E-state index in [0.29, 0.717) is 18.8 Å². The second-order valence-corrected chi connectivity index (χ2v) is 5.58. The van der Waals surface area contributed by atoms with E-state index in [1.54, 1.807) is 13.8 Å². The van der Waals surface area contributed by atoms with E-state index in [1.165, 1.54) is 32.1 Å². The van der Waals surface area contributed by atoms with E-state index in [9.17, 15) is 9.59 Å². The number of nitrogens with one attached hydrogen (secondary N) is 1. The standard InChI is InChI=1S/C14H25NO3/c1-3-14(2,13(17)18)15-12(16)10-9-11-7-5-4-6-8-11/h11H,3-10H2,1-2H3,(H,15,16)(H,17,18). The monoisotopic (exact) mass is 255 g/mol. The summed E-state index contributed by atoms with van der Waals surface area (Å²) in [7, 11) is 0. The Morgan fingerprint density at radius 1 is 1.28 bits per heavy atom. The third-order valence-corrected chi connectivity index (χ3v) is 4.10. The quantitative estimate of drug-likeness (QED) is 0.767. The summed E-state index contributed by atoms with van der Waals surface area (Å²) in [5.41, 5.74) is -1.12. The predicted molar refractivity (Wildman–Crippen MR) is 70.3 cm³/mol. The Morgan fingerprint density at radius 2 is 1.89 bits per heavy atom. The first-order chi connectivity index (χ1) is 8.48. The average molecular weight is 255 g/mol. The molecular formula is C14H25NO3. The van der Waals surface area contributed by atoms with Crippen molar-refractivity contribution in [2.45, 2.75) is 70.8 Å². The highest BCUT2D eigenvalue weighted by Crippen LogP contribution is 2.27. The Hall–Kier alpha value is -1.06. The molecule has 0 aliphatic heterocycles. The van der Waals surface area contributed by atoms with E-state index < -0.39 is 11.5 Å². The van der Waals surface area contributed by atoms with Gasteiger partial charge in [-0.15, -0.1) is 0 Å². The van der Waals surface area contributed by atoms with Gasteiger partial charge >= 0.3 is 5.97 Å². The van der Waals surface area contributed by atoms with Crippen LogP contribution in [-0.4, -0.2) is 22.5 Å². The zero-order chi connectivity index (χ0) is 13.6. The van der Waals surface area contributed by atoms with Crippen molar-refractivity contribution in [2.24, 2.45) is 5.92 Å². The normalized spacial score (nSPS) is 20.1. The molecule has 0 spiro atoms. The first kappa shape index (κ1) is 15.0. The maximum Gasteiger partial charge on any atom is 0.329 e. The highest BCUT2D eigenvalue weighted by molar-refractivity contribution is 5.86. The van der Waals surface area contributed by atoms with Gasteiger partial charge in [0.1, 0.15) is 5.54 Å². The van der Waals surface area contributed by atoms with Crippen LogP contribution < -0.4 is 5.32 Å². The molecule has 1 aliphatic rings. The molecule has 0 aromatic heterocycles. The van der Waals surface area contributed by atoms with Crippen molar-refractivity contribution >= 4 is 11.9 Å².